The number of benzene rings is 1. The highest BCUT2D eigenvalue weighted by Gasteiger charge is 2.57. The van der Waals surface area contributed by atoms with E-state index in [4.69, 9.17) is 9.63 Å². The number of amides is 1. The Morgan fingerprint density at radius 1 is 1.19 bits per heavy atom. The maximum absolute atomic E-state index is 13.2. The molecule has 1 saturated carbocycles. The molecular formula is C22H28N4O5S. The van der Waals surface area contributed by atoms with Crippen LogP contribution in [-0.4, -0.2) is 64.4 Å². The predicted octanol–water partition coefficient (Wildman–Crippen LogP) is 2.71. The van der Waals surface area contributed by atoms with Crippen molar-refractivity contribution in [3.05, 3.63) is 47.6 Å². The second kappa shape index (κ2) is 8.15. The van der Waals surface area contributed by atoms with Crippen LogP contribution in [0.5, 0.6) is 0 Å². The van der Waals surface area contributed by atoms with Gasteiger partial charge in [0.2, 0.25) is 15.9 Å². The van der Waals surface area contributed by atoms with E-state index in [0.29, 0.717) is 31.1 Å². The van der Waals surface area contributed by atoms with Crippen LogP contribution in [0.1, 0.15) is 49.0 Å². The molecule has 3 aliphatic rings. The lowest BCUT2D eigenvalue weighted by atomic mass is 10.0. The van der Waals surface area contributed by atoms with E-state index in [2.05, 4.69) is 22.3 Å². The van der Waals surface area contributed by atoms with E-state index in [9.17, 15) is 13.2 Å². The van der Waals surface area contributed by atoms with Crippen LogP contribution in [0.4, 0.5) is 4.79 Å². The Kier molecular flexibility index (Phi) is 5.45. The zero-order chi connectivity index (χ0) is 22.3. The number of rotatable bonds is 8. The van der Waals surface area contributed by atoms with Gasteiger partial charge in [-0.25, -0.2) is 13.2 Å². The molecule has 1 spiro atoms. The lowest BCUT2D eigenvalue weighted by Gasteiger charge is -2.37. The van der Waals surface area contributed by atoms with Gasteiger partial charge >= 0.3 is 6.09 Å². The van der Waals surface area contributed by atoms with Gasteiger partial charge in [0.15, 0.2) is 5.82 Å². The molecule has 3 fully saturated rings. The maximum atomic E-state index is 13.2. The molecule has 9 nitrogen and oxygen atoms in total. The number of sulfonamides is 1. The predicted molar refractivity (Wildman–Crippen MR) is 115 cm³/mol. The summed E-state index contributed by atoms with van der Waals surface area (Å²) in [7, 11) is -3.56. The number of nitrogens with zero attached hydrogens (tertiary/aromatic N) is 4. The smallest absolute Gasteiger partial charge is 0.407 e. The van der Waals surface area contributed by atoms with Gasteiger partial charge in [-0.3, -0.25) is 0 Å². The monoisotopic (exact) mass is 460 g/mol. The van der Waals surface area contributed by atoms with Gasteiger partial charge in [-0.2, -0.15) is 9.29 Å². The van der Waals surface area contributed by atoms with E-state index < -0.39 is 22.2 Å². The van der Waals surface area contributed by atoms with E-state index in [1.807, 2.05) is 18.2 Å². The third-order valence-electron chi connectivity index (χ3n) is 6.93. The number of aryl methyl sites for hydroxylation is 2. The molecule has 32 heavy (non-hydrogen) atoms. The van der Waals surface area contributed by atoms with Crippen LogP contribution in [0.25, 0.3) is 0 Å². The second-order valence-corrected chi connectivity index (χ2v) is 11.5. The van der Waals surface area contributed by atoms with E-state index in [-0.39, 0.29) is 30.2 Å². The quantitative estimate of drug-likeness (QED) is 0.644. The zero-order valence-corrected chi connectivity index (χ0v) is 18.7. The van der Waals surface area contributed by atoms with Gasteiger partial charge in [0.05, 0.1) is 5.75 Å². The molecule has 1 aromatic carbocycles. The van der Waals surface area contributed by atoms with Gasteiger partial charge in [-0.1, -0.05) is 35.5 Å². The molecule has 5 rings (SSSR count). The van der Waals surface area contributed by atoms with Crippen molar-refractivity contribution in [1.29, 1.82) is 0 Å². The first-order valence-electron chi connectivity index (χ1n) is 11.2. The summed E-state index contributed by atoms with van der Waals surface area (Å²) in [5, 5.41) is 13.1. The minimum Gasteiger partial charge on any atom is -0.465 e. The van der Waals surface area contributed by atoms with E-state index in [1.54, 1.807) is 4.31 Å². The van der Waals surface area contributed by atoms with Crippen LogP contribution >= 0.6 is 0 Å². The molecule has 2 aromatic rings. The Bertz CT molecular complexity index is 1080. The van der Waals surface area contributed by atoms with Crippen molar-refractivity contribution in [1.82, 2.24) is 19.3 Å². The molecule has 1 aliphatic carbocycles. The van der Waals surface area contributed by atoms with Crippen molar-refractivity contribution in [2.45, 2.75) is 44.6 Å². The number of hydrogen-bond acceptors (Lipinski definition) is 6. The first-order valence-corrected chi connectivity index (χ1v) is 12.8. The molecule has 0 bridgehead atoms. The molecule has 1 N–H and O–H groups in total. The highest BCUT2D eigenvalue weighted by Crippen LogP contribution is 2.59. The summed E-state index contributed by atoms with van der Waals surface area (Å²) in [5.41, 5.74) is 1.30. The molecule has 0 radical (unpaired) electrons. The summed E-state index contributed by atoms with van der Waals surface area (Å²) in [6, 6.07) is 9.80. The number of aromatic nitrogens is 2. The average Bonchev–Trinajstić information content (AvgIpc) is 3.14. The largest absolute Gasteiger partial charge is 0.465 e. The number of hydrogen-bond donors (Lipinski definition) is 1. The zero-order valence-electron chi connectivity index (χ0n) is 17.9. The minimum absolute atomic E-state index is 0.0341. The molecule has 1 aromatic heterocycles. The van der Waals surface area contributed by atoms with E-state index in [1.165, 1.54) is 10.5 Å². The minimum atomic E-state index is -3.56. The SMILES string of the molecule is O=C(O)N1CC(CS(=O)(=O)N2CC3(CC3)C[C@H]2c2nc(CCCc3ccccc3)no2)C1. The van der Waals surface area contributed by atoms with Crippen molar-refractivity contribution >= 4 is 16.1 Å². The van der Waals surface area contributed by atoms with E-state index in [0.717, 1.165) is 25.7 Å². The van der Waals surface area contributed by atoms with Gasteiger partial charge in [0, 0.05) is 32.0 Å². The molecule has 1 amide bonds. The van der Waals surface area contributed by atoms with Crippen molar-refractivity contribution in [2.24, 2.45) is 11.3 Å². The Balaban J connectivity index is 1.23. The fraction of sp³-hybridized carbons (Fsp3) is 0.591. The molecule has 10 heteroatoms. The Morgan fingerprint density at radius 3 is 2.62 bits per heavy atom. The Morgan fingerprint density at radius 2 is 1.94 bits per heavy atom. The Labute approximate surface area is 187 Å². The standard InChI is InChI=1S/C22H28N4O5S/c27-21(28)25-12-17(13-25)14-32(29,30)26-15-22(9-10-22)11-18(26)20-23-19(24-31-20)8-4-7-16-5-2-1-3-6-16/h1-3,5-6,17-18H,4,7-15H2,(H,27,28)/t18-/m0/s1. The van der Waals surface area contributed by atoms with Gasteiger partial charge in [-0.15, -0.1) is 0 Å². The molecule has 172 valence electrons. The summed E-state index contributed by atoms with van der Waals surface area (Å²) in [6.07, 6.45) is 4.24. The second-order valence-electron chi connectivity index (χ2n) is 9.49. The molecule has 1 atom stereocenters. The summed E-state index contributed by atoms with van der Waals surface area (Å²) >= 11 is 0. The van der Waals surface area contributed by atoms with Crippen LogP contribution in [0.15, 0.2) is 34.9 Å². The van der Waals surface area contributed by atoms with Crippen molar-refractivity contribution < 1.29 is 22.8 Å². The van der Waals surface area contributed by atoms with Crippen LogP contribution in [0.3, 0.4) is 0 Å². The van der Waals surface area contributed by atoms with E-state index >= 15 is 0 Å². The highest BCUT2D eigenvalue weighted by atomic mass is 32.2. The number of likely N-dealkylation sites (tertiary alicyclic amines) is 1. The van der Waals surface area contributed by atoms with Crippen LogP contribution < -0.4 is 0 Å². The van der Waals surface area contributed by atoms with Crippen LogP contribution in [-0.2, 0) is 22.9 Å². The fourth-order valence-corrected chi connectivity index (χ4v) is 6.90. The molecule has 2 aliphatic heterocycles. The van der Waals surface area contributed by atoms with Gasteiger partial charge in [0.1, 0.15) is 6.04 Å². The highest BCUT2D eigenvalue weighted by molar-refractivity contribution is 7.89. The third kappa shape index (κ3) is 4.38. The normalized spacial score (nSPS) is 22.9. The molecular weight excluding hydrogens is 432 g/mol. The molecule has 2 saturated heterocycles. The van der Waals surface area contributed by atoms with Crippen molar-refractivity contribution in [3.63, 3.8) is 0 Å². The van der Waals surface area contributed by atoms with Crippen LogP contribution in [0, 0.1) is 11.3 Å². The van der Waals surface area contributed by atoms with Gasteiger partial charge in [0.25, 0.3) is 0 Å². The first kappa shape index (κ1) is 21.4. The van der Waals surface area contributed by atoms with Gasteiger partial charge in [-0.05, 0) is 43.1 Å². The number of carboxylic acid groups (broad SMARTS) is 1. The summed E-state index contributed by atoms with van der Waals surface area (Å²) in [4.78, 5) is 16.8. The van der Waals surface area contributed by atoms with Crippen LogP contribution in [0.2, 0.25) is 0 Å². The van der Waals surface area contributed by atoms with Crippen molar-refractivity contribution in [2.75, 3.05) is 25.4 Å². The summed E-state index contributed by atoms with van der Waals surface area (Å²) < 4.78 is 33.5. The third-order valence-corrected chi connectivity index (χ3v) is 8.92. The lowest BCUT2D eigenvalue weighted by molar-refractivity contribution is 0.0888. The Hall–Kier alpha value is -2.46. The lowest BCUT2D eigenvalue weighted by Crippen LogP contribution is -2.53. The van der Waals surface area contributed by atoms with Crippen molar-refractivity contribution in [3.8, 4) is 0 Å². The first-order chi connectivity index (χ1) is 15.3. The summed E-state index contributed by atoms with van der Waals surface area (Å²) in [6.45, 7) is 1.02. The topological polar surface area (TPSA) is 117 Å². The average molecular weight is 461 g/mol. The maximum Gasteiger partial charge on any atom is 0.407 e. The number of carbonyl (C=O) groups is 1. The molecule has 3 heterocycles. The summed E-state index contributed by atoms with van der Waals surface area (Å²) in [5.74, 6) is 0.791. The van der Waals surface area contributed by atoms with Gasteiger partial charge < -0.3 is 14.5 Å². The fourth-order valence-electron chi connectivity index (χ4n) is 4.88. The molecule has 0 unspecified atom stereocenters.